The first-order valence-corrected chi connectivity index (χ1v) is 13.3. The number of halogens is 1. The molecule has 2 aromatic rings. The van der Waals surface area contributed by atoms with Gasteiger partial charge in [0.05, 0.1) is 31.0 Å². The van der Waals surface area contributed by atoms with E-state index in [0.29, 0.717) is 30.9 Å². The van der Waals surface area contributed by atoms with Crippen LogP contribution in [0.15, 0.2) is 24.4 Å². The number of fused-ring (bicyclic) bond motifs is 1. The number of carbonyl (C=O) groups is 1. The van der Waals surface area contributed by atoms with Gasteiger partial charge in [-0.25, -0.2) is 4.98 Å². The smallest absolute Gasteiger partial charge is 0.229 e. The van der Waals surface area contributed by atoms with Crippen molar-refractivity contribution >= 4 is 34.1 Å². The van der Waals surface area contributed by atoms with Crippen LogP contribution in [0.2, 0.25) is 5.02 Å². The quantitative estimate of drug-likeness (QED) is 0.647. The fourth-order valence-electron chi connectivity index (χ4n) is 6.31. The van der Waals surface area contributed by atoms with Crippen molar-refractivity contribution in [1.29, 1.82) is 0 Å². The zero-order valence-corrected chi connectivity index (χ0v) is 21.0. The van der Waals surface area contributed by atoms with Gasteiger partial charge in [0.2, 0.25) is 5.91 Å². The van der Waals surface area contributed by atoms with Crippen LogP contribution in [0, 0.1) is 11.8 Å². The van der Waals surface area contributed by atoms with Crippen LogP contribution < -0.4 is 5.32 Å². The molecule has 1 amide bonds. The Labute approximate surface area is 211 Å². The van der Waals surface area contributed by atoms with E-state index in [9.17, 15) is 9.90 Å². The molecule has 1 aromatic heterocycles. The molecule has 7 nitrogen and oxygen atoms in total. The van der Waals surface area contributed by atoms with Crippen LogP contribution in [0.1, 0.15) is 50.5 Å². The highest BCUT2D eigenvalue weighted by Crippen LogP contribution is 2.46. The summed E-state index contributed by atoms with van der Waals surface area (Å²) in [5.41, 5.74) is 0.845. The Kier molecular flexibility index (Phi) is 6.26. The summed E-state index contributed by atoms with van der Waals surface area (Å²) in [7, 11) is 0. The lowest BCUT2D eigenvalue weighted by molar-refractivity contribution is -0.118. The monoisotopic (exact) mass is 499 g/mol. The molecule has 5 atom stereocenters. The van der Waals surface area contributed by atoms with Gasteiger partial charge in [-0.15, -0.1) is 0 Å². The van der Waals surface area contributed by atoms with E-state index in [2.05, 4.69) is 28.2 Å². The first-order chi connectivity index (χ1) is 16.9. The molecule has 4 aliphatic rings. The lowest BCUT2D eigenvalue weighted by atomic mass is 9.85. The van der Waals surface area contributed by atoms with E-state index in [0.717, 1.165) is 73.2 Å². The summed E-state index contributed by atoms with van der Waals surface area (Å²) < 4.78 is 11.3. The number of nitrogens with one attached hydrogen (secondary N) is 1. The predicted octanol–water partition coefficient (Wildman–Crippen LogP) is 3.97. The second-order valence-corrected chi connectivity index (χ2v) is 11.4. The zero-order chi connectivity index (χ0) is 24.2. The Bertz CT molecular complexity index is 1120. The number of nitrogens with zero attached hydrogens (tertiary/aromatic N) is 2. The maximum absolute atomic E-state index is 12.8. The van der Waals surface area contributed by atoms with E-state index in [-0.39, 0.29) is 23.5 Å². The number of rotatable bonds is 5. The molecule has 188 valence electrons. The van der Waals surface area contributed by atoms with Gasteiger partial charge >= 0.3 is 0 Å². The molecule has 1 saturated carbocycles. The molecule has 1 aliphatic carbocycles. The van der Waals surface area contributed by atoms with Crippen LogP contribution in [0.25, 0.3) is 10.8 Å². The second-order valence-electron chi connectivity index (χ2n) is 11.0. The lowest BCUT2D eigenvalue weighted by Crippen LogP contribution is -2.56. The van der Waals surface area contributed by atoms with Crippen LogP contribution in [-0.2, 0) is 14.3 Å². The lowest BCUT2D eigenvalue weighted by Gasteiger charge is -2.43. The molecule has 3 aliphatic heterocycles. The third-order valence-corrected chi connectivity index (χ3v) is 9.08. The van der Waals surface area contributed by atoms with Gasteiger partial charge in [0, 0.05) is 29.1 Å². The number of aliphatic hydroxyl groups is 1. The van der Waals surface area contributed by atoms with Crippen molar-refractivity contribution in [2.24, 2.45) is 11.8 Å². The number of ether oxygens (including phenoxy) is 2. The summed E-state index contributed by atoms with van der Waals surface area (Å²) in [6.07, 6.45) is 6.63. The van der Waals surface area contributed by atoms with Crippen molar-refractivity contribution in [3.63, 3.8) is 0 Å². The van der Waals surface area contributed by atoms with Crippen molar-refractivity contribution in [3.8, 4) is 0 Å². The number of aliphatic hydroxyl groups excluding tert-OH is 1. The first-order valence-electron chi connectivity index (χ1n) is 12.9. The largest absolute Gasteiger partial charge is 0.389 e. The Balaban J connectivity index is 1.14. The second kappa shape index (κ2) is 9.27. The normalized spacial score (nSPS) is 33.9. The highest BCUT2D eigenvalue weighted by molar-refractivity contribution is 6.32. The third-order valence-electron chi connectivity index (χ3n) is 8.75. The van der Waals surface area contributed by atoms with E-state index < -0.39 is 6.10 Å². The summed E-state index contributed by atoms with van der Waals surface area (Å²) in [6.45, 7) is 5.71. The number of piperidine rings is 1. The first kappa shape index (κ1) is 23.6. The van der Waals surface area contributed by atoms with Gasteiger partial charge in [0.25, 0.3) is 0 Å². The molecule has 1 unspecified atom stereocenters. The fourth-order valence-corrected chi connectivity index (χ4v) is 6.63. The number of hydrogen-bond donors (Lipinski definition) is 2. The number of benzene rings is 1. The predicted molar refractivity (Wildman–Crippen MR) is 135 cm³/mol. The molecule has 0 radical (unpaired) electrons. The maximum Gasteiger partial charge on any atom is 0.229 e. The van der Waals surface area contributed by atoms with Crippen molar-refractivity contribution in [3.05, 3.63) is 35.0 Å². The highest BCUT2D eigenvalue weighted by atomic mass is 35.5. The van der Waals surface area contributed by atoms with E-state index in [4.69, 9.17) is 21.1 Å². The van der Waals surface area contributed by atoms with E-state index in [1.54, 1.807) is 6.20 Å². The van der Waals surface area contributed by atoms with Gasteiger partial charge in [-0.3, -0.25) is 9.69 Å². The maximum atomic E-state index is 12.8. The molecule has 0 bridgehead atoms. The molecular weight excluding hydrogens is 466 g/mol. The van der Waals surface area contributed by atoms with Crippen LogP contribution in [0.5, 0.6) is 0 Å². The van der Waals surface area contributed by atoms with Crippen molar-refractivity contribution < 1.29 is 19.4 Å². The molecule has 2 N–H and O–H groups in total. The molecular formula is C27H34ClN3O4. The summed E-state index contributed by atoms with van der Waals surface area (Å²) >= 11 is 6.72. The highest BCUT2D eigenvalue weighted by Gasteiger charge is 2.49. The Hall–Kier alpha value is -1.77. The molecule has 3 saturated heterocycles. The minimum atomic E-state index is -0.443. The van der Waals surface area contributed by atoms with E-state index in [1.807, 2.05) is 12.1 Å². The van der Waals surface area contributed by atoms with Gasteiger partial charge in [0.1, 0.15) is 5.82 Å². The van der Waals surface area contributed by atoms with Gasteiger partial charge in [-0.05, 0) is 93.1 Å². The van der Waals surface area contributed by atoms with Crippen molar-refractivity contribution in [2.75, 3.05) is 38.2 Å². The minimum Gasteiger partial charge on any atom is -0.389 e. The number of hydrogen-bond acceptors (Lipinski definition) is 6. The van der Waals surface area contributed by atoms with Gasteiger partial charge in [0.15, 0.2) is 0 Å². The molecule has 4 heterocycles. The van der Waals surface area contributed by atoms with Crippen molar-refractivity contribution in [2.45, 2.75) is 62.7 Å². The number of amides is 1. The molecule has 35 heavy (non-hydrogen) atoms. The van der Waals surface area contributed by atoms with E-state index in [1.165, 1.54) is 0 Å². The van der Waals surface area contributed by atoms with Crippen LogP contribution in [0.4, 0.5) is 5.82 Å². The van der Waals surface area contributed by atoms with Crippen molar-refractivity contribution in [1.82, 2.24) is 9.88 Å². The SMILES string of the molecule is C[C@@]1(N2CCC(c3cc4cc(NC(=O)[C@H]5C[C@@H]5C5CCCO5)ncc4cc3Cl)CC2)COC[C@@H]1O. The van der Waals surface area contributed by atoms with Crippen LogP contribution >= 0.6 is 11.6 Å². The number of anilines is 1. The average Bonchev–Trinajstić information content (AvgIpc) is 3.32. The Morgan fingerprint density at radius 1 is 1.23 bits per heavy atom. The molecule has 8 heteroatoms. The van der Waals surface area contributed by atoms with Crippen LogP contribution in [-0.4, -0.2) is 71.6 Å². The van der Waals surface area contributed by atoms with E-state index >= 15 is 0 Å². The summed E-state index contributed by atoms with van der Waals surface area (Å²) in [5, 5.41) is 16.2. The number of pyridine rings is 1. The number of carbonyl (C=O) groups excluding carboxylic acids is 1. The molecule has 0 spiro atoms. The topological polar surface area (TPSA) is 83.9 Å². The summed E-state index contributed by atoms with van der Waals surface area (Å²) in [4.78, 5) is 19.6. The fraction of sp³-hybridized carbons (Fsp3) is 0.630. The molecule has 6 rings (SSSR count). The zero-order valence-electron chi connectivity index (χ0n) is 20.2. The third kappa shape index (κ3) is 4.46. The average molecular weight is 500 g/mol. The molecule has 4 fully saturated rings. The summed E-state index contributed by atoms with van der Waals surface area (Å²) in [6, 6.07) is 6.11. The van der Waals surface area contributed by atoms with Gasteiger partial charge in [-0.2, -0.15) is 0 Å². The summed E-state index contributed by atoms with van der Waals surface area (Å²) in [5.74, 6) is 1.38. The minimum absolute atomic E-state index is 0.0344. The number of aromatic nitrogens is 1. The Morgan fingerprint density at radius 3 is 2.77 bits per heavy atom. The van der Waals surface area contributed by atoms with Gasteiger partial charge in [-0.1, -0.05) is 11.6 Å². The van der Waals surface area contributed by atoms with Gasteiger partial charge < -0.3 is 19.9 Å². The Morgan fingerprint density at radius 2 is 2.06 bits per heavy atom. The standard InChI is InChI=1S/C27H34ClN3O4/c1-27(15-34-14-24(27)32)31-6-4-16(5-7-31)19-9-17-11-25(29-13-18(17)10-22(19)28)30-26(33)21-12-20(21)23-3-2-8-35-23/h9-11,13,16,20-21,23-24,32H,2-8,12,14-15H2,1H3,(H,29,30,33)/t20-,21-,23?,24-,27+/m0/s1. The number of likely N-dealkylation sites (tertiary alicyclic amines) is 1. The molecule has 1 aromatic carbocycles. The van der Waals surface area contributed by atoms with Crippen LogP contribution in [0.3, 0.4) is 0 Å².